The smallest absolute Gasteiger partial charge is 0.429 e. The second kappa shape index (κ2) is 13.1. The topological polar surface area (TPSA) is 123 Å². The zero-order valence-corrected chi connectivity index (χ0v) is 26.3. The van der Waals surface area contributed by atoms with Gasteiger partial charge in [-0.1, -0.05) is 24.6 Å². The summed E-state index contributed by atoms with van der Waals surface area (Å²) in [5, 5.41) is 12.9. The summed E-state index contributed by atoms with van der Waals surface area (Å²) < 4.78 is 69.9. The number of hydrogen-bond acceptors (Lipinski definition) is 8. The molecule has 5 rings (SSSR count). The lowest BCUT2D eigenvalue weighted by molar-refractivity contribution is -0.198. The first-order valence-electron chi connectivity index (χ1n) is 15.1. The standard InChI is InChI=1S/C32H36ClF4N5O4/c1-4-25-31(16-24(39-25)29(43)44)7-9-42(10-8-31)26-15-27(41-30(38)40-26)46-28(32(35,36)37)22-6-5-19(33)13-23(22)18-11-20(34)14-21(12-18)45-17(2)3/h5-6,11-15,17,24-25,28,39H,4,7-10,16H2,1-3H3,(H,43,44)(H2,38,40,41)/t24?,25?,28-/m1/s1. The number of aliphatic carboxylic acids is 1. The third-order valence-corrected chi connectivity index (χ3v) is 8.87. The van der Waals surface area contributed by atoms with Gasteiger partial charge in [-0.2, -0.15) is 23.1 Å². The van der Waals surface area contributed by atoms with Crippen molar-refractivity contribution >= 4 is 29.3 Å². The minimum absolute atomic E-state index is 0.00169. The lowest BCUT2D eigenvalue weighted by Gasteiger charge is -2.43. The first-order chi connectivity index (χ1) is 21.7. The van der Waals surface area contributed by atoms with Crippen LogP contribution in [0.2, 0.25) is 5.02 Å². The summed E-state index contributed by atoms with van der Waals surface area (Å²) in [6.45, 7) is 6.49. The number of aromatic nitrogens is 2. The predicted octanol–water partition coefficient (Wildman–Crippen LogP) is 6.80. The van der Waals surface area contributed by atoms with E-state index in [0.29, 0.717) is 38.2 Å². The predicted molar refractivity (Wildman–Crippen MR) is 166 cm³/mol. The Morgan fingerprint density at radius 3 is 2.50 bits per heavy atom. The van der Waals surface area contributed by atoms with Crippen LogP contribution in [0, 0.1) is 11.2 Å². The normalized spacial score (nSPS) is 20.2. The first kappa shape index (κ1) is 33.5. The number of carbonyl (C=O) groups is 1. The summed E-state index contributed by atoms with van der Waals surface area (Å²) in [4.78, 5) is 21.8. The van der Waals surface area contributed by atoms with Crippen LogP contribution < -0.4 is 25.4 Å². The SMILES string of the molecule is CCC1NC(C(=O)O)CC12CCN(c1cc(O[C@H](c3ccc(Cl)cc3-c3cc(F)cc(OC(C)C)c3)C(F)(F)F)nc(N)n1)CC2. The van der Waals surface area contributed by atoms with E-state index in [1.54, 1.807) is 13.8 Å². The number of halogens is 5. The molecular formula is C32H36ClF4N5O4. The molecule has 4 N–H and O–H groups in total. The maximum Gasteiger partial charge on any atom is 0.429 e. The molecule has 248 valence electrons. The van der Waals surface area contributed by atoms with E-state index in [2.05, 4.69) is 15.3 Å². The van der Waals surface area contributed by atoms with Crippen molar-refractivity contribution in [1.82, 2.24) is 15.3 Å². The number of rotatable bonds is 9. The highest BCUT2D eigenvalue weighted by atomic mass is 35.5. The van der Waals surface area contributed by atoms with Gasteiger partial charge in [0.1, 0.15) is 23.4 Å². The fourth-order valence-corrected chi connectivity index (χ4v) is 6.79. The van der Waals surface area contributed by atoms with Gasteiger partial charge in [0, 0.05) is 41.9 Å². The van der Waals surface area contributed by atoms with Crippen molar-refractivity contribution in [3.63, 3.8) is 0 Å². The van der Waals surface area contributed by atoms with Gasteiger partial charge in [0.15, 0.2) is 0 Å². The van der Waals surface area contributed by atoms with Crippen molar-refractivity contribution in [2.75, 3.05) is 23.7 Å². The van der Waals surface area contributed by atoms with Crippen molar-refractivity contribution < 1.29 is 36.9 Å². The summed E-state index contributed by atoms with van der Waals surface area (Å²) >= 11 is 6.20. The summed E-state index contributed by atoms with van der Waals surface area (Å²) in [6, 6.07) is 8.21. The van der Waals surface area contributed by atoms with E-state index in [-0.39, 0.29) is 51.0 Å². The van der Waals surface area contributed by atoms with Gasteiger partial charge in [-0.3, -0.25) is 4.79 Å². The minimum atomic E-state index is -4.92. The van der Waals surface area contributed by atoms with Crippen LogP contribution >= 0.6 is 11.6 Å². The number of carboxylic acid groups (broad SMARTS) is 1. The molecular weight excluding hydrogens is 630 g/mol. The zero-order valence-electron chi connectivity index (χ0n) is 25.6. The second-order valence-corrected chi connectivity index (χ2v) is 12.5. The number of alkyl halides is 3. The minimum Gasteiger partial charge on any atom is -0.491 e. The Balaban J connectivity index is 1.44. The molecule has 2 unspecified atom stereocenters. The molecule has 0 radical (unpaired) electrons. The summed E-state index contributed by atoms with van der Waals surface area (Å²) in [5.74, 6) is -1.80. The Hall–Kier alpha value is -3.84. The van der Waals surface area contributed by atoms with Gasteiger partial charge in [0.05, 0.1) is 6.10 Å². The van der Waals surface area contributed by atoms with Gasteiger partial charge in [0.2, 0.25) is 17.9 Å². The van der Waals surface area contributed by atoms with Crippen molar-refractivity contribution in [3.8, 4) is 22.8 Å². The molecule has 2 aromatic carbocycles. The Kier molecular flexibility index (Phi) is 9.55. The van der Waals surface area contributed by atoms with Gasteiger partial charge in [-0.15, -0.1) is 0 Å². The lowest BCUT2D eigenvalue weighted by Crippen LogP contribution is -2.46. The van der Waals surface area contributed by atoms with E-state index >= 15 is 0 Å². The number of hydrogen-bond donors (Lipinski definition) is 3. The van der Waals surface area contributed by atoms with Crippen LogP contribution in [-0.4, -0.2) is 58.5 Å². The van der Waals surface area contributed by atoms with Gasteiger partial charge >= 0.3 is 12.1 Å². The van der Waals surface area contributed by atoms with Crippen molar-refractivity contribution in [2.24, 2.45) is 5.41 Å². The molecule has 3 atom stereocenters. The Bertz CT molecular complexity index is 1580. The molecule has 3 heterocycles. The van der Waals surface area contributed by atoms with Gasteiger partial charge in [-0.05, 0) is 80.3 Å². The van der Waals surface area contributed by atoms with Crippen LogP contribution in [0.1, 0.15) is 58.1 Å². The highest BCUT2D eigenvalue weighted by Gasteiger charge is 2.50. The molecule has 14 heteroatoms. The second-order valence-electron chi connectivity index (χ2n) is 12.1. The summed E-state index contributed by atoms with van der Waals surface area (Å²) in [6.07, 6.45) is -5.14. The average Bonchev–Trinajstić information content (AvgIpc) is 3.33. The van der Waals surface area contributed by atoms with Gasteiger partial charge < -0.3 is 30.5 Å². The molecule has 0 amide bonds. The summed E-state index contributed by atoms with van der Waals surface area (Å²) in [7, 11) is 0. The monoisotopic (exact) mass is 665 g/mol. The maximum atomic E-state index is 14.7. The summed E-state index contributed by atoms with van der Waals surface area (Å²) in [5.41, 5.74) is 5.55. The number of nitrogen functional groups attached to an aromatic ring is 1. The quantitative estimate of drug-likeness (QED) is 0.212. The fraction of sp³-hybridized carbons (Fsp3) is 0.469. The van der Waals surface area contributed by atoms with E-state index in [4.69, 9.17) is 26.8 Å². The number of benzene rings is 2. The molecule has 3 aromatic rings. The van der Waals surface area contributed by atoms with E-state index in [1.807, 2.05) is 11.8 Å². The van der Waals surface area contributed by atoms with E-state index in [9.17, 15) is 27.5 Å². The molecule has 2 fully saturated rings. The van der Waals surface area contributed by atoms with Crippen LogP contribution in [-0.2, 0) is 4.79 Å². The van der Waals surface area contributed by atoms with E-state index in [1.165, 1.54) is 30.3 Å². The van der Waals surface area contributed by atoms with Crippen LogP contribution in [0.15, 0.2) is 42.5 Å². The van der Waals surface area contributed by atoms with Crippen molar-refractivity contribution in [1.29, 1.82) is 0 Å². The number of nitrogens with one attached hydrogen (secondary N) is 1. The Labute approximate surface area is 269 Å². The molecule has 9 nitrogen and oxygen atoms in total. The van der Waals surface area contributed by atoms with Crippen molar-refractivity contribution in [2.45, 2.75) is 76.9 Å². The number of carboxylic acids is 1. The molecule has 0 aliphatic carbocycles. The highest BCUT2D eigenvalue weighted by Crippen LogP contribution is 2.46. The number of nitrogens with zero attached hydrogens (tertiary/aromatic N) is 3. The molecule has 1 aromatic heterocycles. The number of anilines is 2. The highest BCUT2D eigenvalue weighted by molar-refractivity contribution is 6.30. The third kappa shape index (κ3) is 7.25. The van der Waals surface area contributed by atoms with E-state index in [0.717, 1.165) is 18.6 Å². The van der Waals surface area contributed by atoms with Crippen LogP contribution in [0.3, 0.4) is 0 Å². The lowest BCUT2D eigenvalue weighted by atomic mass is 9.71. The third-order valence-electron chi connectivity index (χ3n) is 8.64. The molecule has 2 aliphatic heterocycles. The molecule has 0 saturated carbocycles. The van der Waals surface area contributed by atoms with Crippen LogP contribution in [0.4, 0.5) is 29.3 Å². The van der Waals surface area contributed by atoms with Gasteiger partial charge in [0.25, 0.3) is 0 Å². The molecule has 2 aliphatic rings. The van der Waals surface area contributed by atoms with Gasteiger partial charge in [-0.25, -0.2) is 4.39 Å². The maximum absolute atomic E-state index is 14.7. The zero-order chi connectivity index (χ0) is 33.4. The average molecular weight is 666 g/mol. The number of piperidine rings is 1. The van der Waals surface area contributed by atoms with E-state index < -0.39 is 36.0 Å². The molecule has 2 saturated heterocycles. The molecule has 0 bridgehead atoms. The largest absolute Gasteiger partial charge is 0.491 e. The van der Waals surface area contributed by atoms with Crippen LogP contribution in [0.25, 0.3) is 11.1 Å². The van der Waals surface area contributed by atoms with Crippen molar-refractivity contribution in [3.05, 3.63) is 58.9 Å². The first-order valence-corrected chi connectivity index (χ1v) is 15.4. The molecule has 46 heavy (non-hydrogen) atoms. The fourth-order valence-electron chi connectivity index (χ4n) is 6.62. The molecule has 1 spiro atoms. The number of ether oxygens (including phenoxy) is 2. The van der Waals surface area contributed by atoms with Crippen LogP contribution in [0.5, 0.6) is 11.6 Å². The Morgan fingerprint density at radius 2 is 1.87 bits per heavy atom. The Morgan fingerprint density at radius 1 is 1.15 bits per heavy atom. The number of nitrogens with two attached hydrogens (primary N) is 1.